The fourth-order valence-corrected chi connectivity index (χ4v) is 2.69. The summed E-state index contributed by atoms with van der Waals surface area (Å²) in [6.07, 6.45) is 5.63. The highest BCUT2D eigenvalue weighted by Gasteiger charge is 2.24. The number of rotatable bonds is 5. The van der Waals surface area contributed by atoms with Crippen LogP contribution in [-0.2, 0) is 6.54 Å². The lowest BCUT2D eigenvalue weighted by Gasteiger charge is -2.37. The first kappa shape index (κ1) is 13.5. The smallest absolute Gasteiger partial charge is 0.0544 e. The van der Waals surface area contributed by atoms with Crippen molar-refractivity contribution in [2.75, 3.05) is 13.1 Å². The molecule has 3 nitrogen and oxygen atoms in total. The van der Waals surface area contributed by atoms with Crippen molar-refractivity contribution in [1.29, 1.82) is 0 Å². The molecule has 1 fully saturated rings. The SMILES string of the molecule is CCCNC1CCN(Cc2ccccn2)C(C)C1. The molecule has 1 N–H and O–H groups in total. The first-order valence-corrected chi connectivity index (χ1v) is 7.17. The average Bonchev–Trinajstić information content (AvgIpc) is 2.40. The van der Waals surface area contributed by atoms with Crippen molar-refractivity contribution in [2.24, 2.45) is 0 Å². The van der Waals surface area contributed by atoms with Crippen LogP contribution in [0.2, 0.25) is 0 Å². The standard InChI is InChI=1S/C15H25N3/c1-3-8-16-14-7-10-18(13(2)11-14)12-15-6-4-5-9-17-15/h4-6,9,13-14,16H,3,7-8,10-12H2,1-2H3. The summed E-state index contributed by atoms with van der Waals surface area (Å²) in [5.74, 6) is 0. The lowest BCUT2D eigenvalue weighted by atomic mass is 9.98. The first-order valence-electron chi connectivity index (χ1n) is 7.17. The molecule has 0 saturated carbocycles. The summed E-state index contributed by atoms with van der Waals surface area (Å²) >= 11 is 0. The maximum absolute atomic E-state index is 4.42. The monoisotopic (exact) mass is 247 g/mol. The average molecular weight is 247 g/mol. The summed E-state index contributed by atoms with van der Waals surface area (Å²) in [5, 5.41) is 3.64. The van der Waals surface area contributed by atoms with Gasteiger partial charge in [-0.05, 0) is 44.9 Å². The summed E-state index contributed by atoms with van der Waals surface area (Å²) in [5.41, 5.74) is 1.18. The summed E-state index contributed by atoms with van der Waals surface area (Å²) in [4.78, 5) is 6.97. The Balaban J connectivity index is 1.82. The van der Waals surface area contributed by atoms with Crippen LogP contribution in [0.25, 0.3) is 0 Å². The third kappa shape index (κ3) is 3.79. The maximum atomic E-state index is 4.42. The lowest BCUT2D eigenvalue weighted by Crippen LogP contribution is -2.47. The molecule has 2 rings (SSSR count). The second-order valence-corrected chi connectivity index (χ2v) is 5.32. The Morgan fingerprint density at radius 3 is 3.00 bits per heavy atom. The molecule has 2 unspecified atom stereocenters. The summed E-state index contributed by atoms with van der Waals surface area (Å²) in [7, 11) is 0. The second-order valence-electron chi connectivity index (χ2n) is 5.32. The molecule has 2 atom stereocenters. The predicted octanol–water partition coefficient (Wildman–Crippen LogP) is 2.43. The van der Waals surface area contributed by atoms with Gasteiger partial charge in [-0.25, -0.2) is 0 Å². The highest BCUT2D eigenvalue weighted by molar-refractivity contribution is 5.04. The van der Waals surface area contributed by atoms with Crippen LogP contribution < -0.4 is 5.32 Å². The van der Waals surface area contributed by atoms with E-state index in [0.717, 1.165) is 13.1 Å². The quantitative estimate of drug-likeness (QED) is 0.866. The molecule has 2 heterocycles. The highest BCUT2D eigenvalue weighted by Crippen LogP contribution is 2.19. The Kier molecular flexibility index (Phi) is 5.14. The van der Waals surface area contributed by atoms with E-state index >= 15 is 0 Å². The summed E-state index contributed by atoms with van der Waals surface area (Å²) in [6.45, 7) is 7.88. The fourth-order valence-electron chi connectivity index (χ4n) is 2.69. The molecular formula is C15H25N3. The number of piperidine rings is 1. The van der Waals surface area contributed by atoms with E-state index in [1.807, 2.05) is 12.3 Å². The molecule has 3 heteroatoms. The third-order valence-electron chi connectivity index (χ3n) is 3.79. The fraction of sp³-hybridized carbons (Fsp3) is 0.667. The van der Waals surface area contributed by atoms with Crippen molar-refractivity contribution in [1.82, 2.24) is 15.2 Å². The van der Waals surface area contributed by atoms with Crippen LogP contribution in [0.1, 0.15) is 38.8 Å². The van der Waals surface area contributed by atoms with E-state index < -0.39 is 0 Å². The molecule has 0 bridgehead atoms. The minimum atomic E-state index is 0.648. The predicted molar refractivity (Wildman–Crippen MR) is 75.4 cm³/mol. The molecule has 0 aliphatic carbocycles. The number of hydrogen-bond donors (Lipinski definition) is 1. The lowest BCUT2D eigenvalue weighted by molar-refractivity contribution is 0.127. The van der Waals surface area contributed by atoms with Gasteiger partial charge < -0.3 is 5.32 Å². The largest absolute Gasteiger partial charge is 0.314 e. The molecule has 100 valence electrons. The zero-order valence-electron chi connectivity index (χ0n) is 11.6. The Morgan fingerprint density at radius 2 is 2.33 bits per heavy atom. The van der Waals surface area contributed by atoms with Crippen LogP contribution >= 0.6 is 0 Å². The zero-order chi connectivity index (χ0) is 12.8. The van der Waals surface area contributed by atoms with Gasteiger partial charge in [-0.15, -0.1) is 0 Å². The first-order chi connectivity index (χ1) is 8.79. The van der Waals surface area contributed by atoms with E-state index in [2.05, 4.69) is 41.2 Å². The molecule has 1 aromatic rings. The minimum Gasteiger partial charge on any atom is -0.314 e. The van der Waals surface area contributed by atoms with E-state index in [0.29, 0.717) is 12.1 Å². The Hall–Kier alpha value is -0.930. The zero-order valence-corrected chi connectivity index (χ0v) is 11.6. The van der Waals surface area contributed by atoms with E-state index in [-0.39, 0.29) is 0 Å². The van der Waals surface area contributed by atoms with Crippen molar-refractivity contribution in [2.45, 2.75) is 51.7 Å². The van der Waals surface area contributed by atoms with Gasteiger partial charge in [-0.1, -0.05) is 13.0 Å². The normalized spacial score (nSPS) is 25.2. The highest BCUT2D eigenvalue weighted by atomic mass is 15.2. The number of nitrogens with one attached hydrogen (secondary N) is 1. The number of aromatic nitrogens is 1. The van der Waals surface area contributed by atoms with Crippen LogP contribution in [0.4, 0.5) is 0 Å². The van der Waals surface area contributed by atoms with Gasteiger partial charge in [0.15, 0.2) is 0 Å². The maximum Gasteiger partial charge on any atom is 0.0544 e. The van der Waals surface area contributed by atoms with Crippen LogP contribution in [0.5, 0.6) is 0 Å². The summed E-state index contributed by atoms with van der Waals surface area (Å²) in [6, 6.07) is 7.53. The minimum absolute atomic E-state index is 0.648. The molecule has 0 amide bonds. The van der Waals surface area contributed by atoms with Crippen molar-refractivity contribution >= 4 is 0 Å². The van der Waals surface area contributed by atoms with Gasteiger partial charge in [0.05, 0.1) is 5.69 Å². The Bertz CT molecular complexity index is 339. The molecule has 0 aromatic carbocycles. The van der Waals surface area contributed by atoms with Crippen LogP contribution in [0, 0.1) is 0 Å². The van der Waals surface area contributed by atoms with Crippen molar-refractivity contribution < 1.29 is 0 Å². The molecule has 1 saturated heterocycles. The van der Waals surface area contributed by atoms with E-state index in [9.17, 15) is 0 Å². The molecule has 1 aromatic heterocycles. The van der Waals surface area contributed by atoms with E-state index in [1.165, 1.54) is 31.5 Å². The van der Waals surface area contributed by atoms with Gasteiger partial charge in [0, 0.05) is 31.4 Å². The second kappa shape index (κ2) is 6.86. The van der Waals surface area contributed by atoms with Crippen molar-refractivity contribution in [3.8, 4) is 0 Å². The third-order valence-corrected chi connectivity index (χ3v) is 3.79. The number of hydrogen-bond acceptors (Lipinski definition) is 3. The van der Waals surface area contributed by atoms with Crippen LogP contribution in [0.3, 0.4) is 0 Å². The number of pyridine rings is 1. The Labute approximate surface area is 111 Å². The molecule has 18 heavy (non-hydrogen) atoms. The number of likely N-dealkylation sites (tertiary alicyclic amines) is 1. The van der Waals surface area contributed by atoms with Gasteiger partial charge in [0.2, 0.25) is 0 Å². The molecule has 0 spiro atoms. The van der Waals surface area contributed by atoms with E-state index in [4.69, 9.17) is 0 Å². The van der Waals surface area contributed by atoms with Gasteiger partial charge in [0.1, 0.15) is 0 Å². The molecule has 1 aliphatic rings. The van der Waals surface area contributed by atoms with Gasteiger partial charge >= 0.3 is 0 Å². The van der Waals surface area contributed by atoms with Crippen LogP contribution in [0.15, 0.2) is 24.4 Å². The Morgan fingerprint density at radius 1 is 1.44 bits per heavy atom. The molecule has 0 radical (unpaired) electrons. The van der Waals surface area contributed by atoms with Crippen LogP contribution in [-0.4, -0.2) is 35.1 Å². The summed E-state index contributed by atoms with van der Waals surface area (Å²) < 4.78 is 0. The van der Waals surface area contributed by atoms with Gasteiger partial charge in [-0.3, -0.25) is 9.88 Å². The topological polar surface area (TPSA) is 28.2 Å². The van der Waals surface area contributed by atoms with Crippen molar-refractivity contribution in [3.05, 3.63) is 30.1 Å². The van der Waals surface area contributed by atoms with Crippen molar-refractivity contribution in [3.63, 3.8) is 0 Å². The number of nitrogens with zero attached hydrogens (tertiary/aromatic N) is 2. The van der Waals surface area contributed by atoms with Gasteiger partial charge in [-0.2, -0.15) is 0 Å². The van der Waals surface area contributed by atoms with E-state index in [1.54, 1.807) is 0 Å². The van der Waals surface area contributed by atoms with Gasteiger partial charge in [0.25, 0.3) is 0 Å². The molecular weight excluding hydrogens is 222 g/mol. The molecule has 1 aliphatic heterocycles.